The molecule has 0 spiro atoms. The van der Waals surface area contributed by atoms with Gasteiger partial charge in [0.2, 0.25) is 0 Å². The molecule has 0 aliphatic carbocycles. The van der Waals surface area contributed by atoms with Gasteiger partial charge in [0.05, 0.1) is 11.3 Å². The van der Waals surface area contributed by atoms with E-state index in [1.54, 1.807) is 6.08 Å². The van der Waals surface area contributed by atoms with Crippen LogP contribution in [0, 0.1) is 19.7 Å². The highest BCUT2D eigenvalue weighted by atomic mass is 19.1. The Morgan fingerprint density at radius 1 is 1.31 bits per heavy atom. The van der Waals surface area contributed by atoms with Crippen LogP contribution in [0.5, 0.6) is 0 Å². The number of hydrogen-bond donors (Lipinski definition) is 2. The van der Waals surface area contributed by atoms with E-state index >= 15 is 0 Å². The van der Waals surface area contributed by atoms with Crippen LogP contribution < -0.4 is 10.2 Å². The van der Waals surface area contributed by atoms with Crippen molar-refractivity contribution in [2.45, 2.75) is 33.6 Å². The monoisotopic (exact) mass is 355 g/mol. The minimum Gasteiger partial charge on any atom is -0.359 e. The highest BCUT2D eigenvalue weighted by Crippen LogP contribution is 2.38. The van der Waals surface area contributed by atoms with Gasteiger partial charge in [0.1, 0.15) is 5.82 Å². The van der Waals surface area contributed by atoms with Crippen molar-refractivity contribution < 1.29 is 14.0 Å². The number of amides is 3. The first-order chi connectivity index (χ1) is 12.4. The van der Waals surface area contributed by atoms with E-state index in [2.05, 4.69) is 10.3 Å². The lowest BCUT2D eigenvalue weighted by Crippen LogP contribution is -2.42. The third-order valence-corrected chi connectivity index (χ3v) is 4.41. The van der Waals surface area contributed by atoms with Gasteiger partial charge in [-0.25, -0.2) is 14.1 Å². The van der Waals surface area contributed by atoms with E-state index < -0.39 is 17.8 Å². The number of nitrogens with zero attached hydrogens (tertiary/aromatic N) is 1. The zero-order valence-corrected chi connectivity index (χ0v) is 15.1. The van der Waals surface area contributed by atoms with Crippen molar-refractivity contribution in [1.82, 2.24) is 10.3 Å². The Hall–Kier alpha value is -2.89. The van der Waals surface area contributed by atoms with Gasteiger partial charge in [-0.15, -0.1) is 0 Å². The molecule has 6 heteroatoms. The first kappa shape index (κ1) is 17.9. The molecule has 1 aromatic carbocycles. The minimum atomic E-state index is -0.487. The molecular formula is C20H22FN3O2. The number of urea groups is 1. The molecule has 0 atom stereocenters. The van der Waals surface area contributed by atoms with E-state index in [-0.39, 0.29) is 0 Å². The molecule has 26 heavy (non-hydrogen) atoms. The molecule has 2 N–H and O–H groups in total. The molecule has 0 fully saturated rings. The van der Waals surface area contributed by atoms with Crippen LogP contribution in [0.4, 0.5) is 14.9 Å². The fourth-order valence-electron chi connectivity index (χ4n) is 3.10. The zero-order valence-electron chi connectivity index (χ0n) is 15.1. The minimum absolute atomic E-state index is 0.301. The van der Waals surface area contributed by atoms with Gasteiger partial charge >= 0.3 is 6.03 Å². The molecule has 136 valence electrons. The van der Waals surface area contributed by atoms with Crippen molar-refractivity contribution in [2.75, 3.05) is 11.4 Å². The van der Waals surface area contributed by atoms with Crippen LogP contribution in [0.2, 0.25) is 0 Å². The summed E-state index contributed by atoms with van der Waals surface area (Å²) >= 11 is 0. The summed E-state index contributed by atoms with van der Waals surface area (Å²) in [6, 6.07) is 5.50. The van der Waals surface area contributed by atoms with Crippen LogP contribution in [0.25, 0.3) is 11.6 Å². The van der Waals surface area contributed by atoms with Crippen molar-refractivity contribution in [2.24, 2.45) is 0 Å². The lowest BCUT2D eigenvalue weighted by atomic mass is 10.1. The third-order valence-electron chi connectivity index (χ3n) is 4.41. The number of aromatic amines is 1. The molecule has 0 radical (unpaired) electrons. The van der Waals surface area contributed by atoms with Gasteiger partial charge in [-0.1, -0.05) is 13.3 Å². The van der Waals surface area contributed by atoms with E-state index in [0.717, 1.165) is 34.7 Å². The summed E-state index contributed by atoms with van der Waals surface area (Å²) in [6.45, 7) is 6.36. The van der Waals surface area contributed by atoms with Crippen molar-refractivity contribution in [3.8, 4) is 0 Å². The number of unbranched alkanes of at least 4 members (excludes halogenated alkanes) is 1. The first-order valence-corrected chi connectivity index (χ1v) is 8.72. The van der Waals surface area contributed by atoms with Crippen molar-refractivity contribution in [3.63, 3.8) is 0 Å². The number of aromatic nitrogens is 1. The molecule has 0 saturated carbocycles. The van der Waals surface area contributed by atoms with Gasteiger partial charge in [0.25, 0.3) is 5.91 Å². The number of imide groups is 1. The summed E-state index contributed by atoms with van der Waals surface area (Å²) in [4.78, 5) is 29.7. The maximum absolute atomic E-state index is 13.8. The number of halogens is 1. The summed E-state index contributed by atoms with van der Waals surface area (Å²) in [5, 5.41) is 2.75. The van der Waals surface area contributed by atoms with Crippen LogP contribution in [0.1, 0.15) is 42.3 Å². The Balaban J connectivity index is 2.02. The number of anilines is 1. The number of nitrogens with one attached hydrogen (secondary N) is 2. The zero-order chi connectivity index (χ0) is 18.8. The third kappa shape index (κ3) is 3.27. The summed E-state index contributed by atoms with van der Waals surface area (Å²) in [6.07, 6.45) is 3.45. The highest BCUT2D eigenvalue weighted by Gasteiger charge is 2.37. The summed E-state index contributed by atoms with van der Waals surface area (Å²) in [7, 11) is 0. The number of rotatable bonds is 4. The predicted molar refractivity (Wildman–Crippen MR) is 100 cm³/mol. The molecule has 1 aliphatic rings. The van der Waals surface area contributed by atoms with Gasteiger partial charge in [0, 0.05) is 23.5 Å². The Labute approximate surface area is 151 Å². The lowest BCUT2D eigenvalue weighted by Gasteiger charge is -2.15. The normalized spacial score (nSPS) is 14.8. The maximum atomic E-state index is 13.8. The van der Waals surface area contributed by atoms with Crippen LogP contribution in [0.3, 0.4) is 0 Å². The van der Waals surface area contributed by atoms with E-state index in [1.807, 2.05) is 26.8 Å². The molecule has 0 saturated heterocycles. The van der Waals surface area contributed by atoms with Crippen LogP contribution in [-0.4, -0.2) is 23.5 Å². The van der Waals surface area contributed by atoms with Crippen LogP contribution in [0.15, 0.2) is 24.3 Å². The fraction of sp³-hybridized carbons (Fsp3) is 0.300. The highest BCUT2D eigenvalue weighted by molar-refractivity contribution is 6.41. The number of carbonyl (C=O) groups excluding carboxylic acids is 2. The molecule has 5 nitrogen and oxygen atoms in total. The second-order valence-electron chi connectivity index (χ2n) is 6.49. The number of H-pyrrole nitrogens is 1. The lowest BCUT2D eigenvalue weighted by molar-refractivity contribution is -0.112. The number of aryl methyl sites for hydroxylation is 2. The Bertz CT molecular complexity index is 898. The van der Waals surface area contributed by atoms with Crippen molar-refractivity contribution in [3.05, 3.63) is 52.6 Å². The fourth-order valence-corrected chi connectivity index (χ4v) is 3.10. The molecule has 2 heterocycles. The van der Waals surface area contributed by atoms with Gasteiger partial charge in [-0.05, 0) is 56.2 Å². The topological polar surface area (TPSA) is 65.2 Å². The smallest absolute Gasteiger partial charge is 0.329 e. The average molecular weight is 355 g/mol. The predicted octanol–water partition coefficient (Wildman–Crippen LogP) is 4.17. The second kappa shape index (κ2) is 7.15. The van der Waals surface area contributed by atoms with E-state index in [9.17, 15) is 14.0 Å². The molecule has 0 bridgehead atoms. The number of benzene rings is 1. The van der Waals surface area contributed by atoms with Crippen molar-refractivity contribution in [1.29, 1.82) is 0 Å². The number of carbonyl (C=O) groups is 2. The molecule has 2 aromatic rings. The van der Waals surface area contributed by atoms with E-state index in [4.69, 9.17) is 0 Å². The van der Waals surface area contributed by atoms with Gasteiger partial charge in [-0.2, -0.15) is 0 Å². The molecule has 1 aromatic heterocycles. The average Bonchev–Trinajstić information content (AvgIpc) is 3.04. The van der Waals surface area contributed by atoms with E-state index in [1.165, 1.54) is 18.2 Å². The molecule has 0 unspecified atom stereocenters. The number of hydrogen-bond acceptors (Lipinski definition) is 2. The Morgan fingerprint density at radius 3 is 2.73 bits per heavy atom. The second-order valence-corrected chi connectivity index (χ2v) is 6.49. The summed E-state index contributed by atoms with van der Waals surface area (Å²) in [5.74, 6) is -0.902. The quantitative estimate of drug-likeness (QED) is 0.639. The largest absolute Gasteiger partial charge is 0.359 e. The molecule has 3 rings (SSSR count). The Kier molecular flexibility index (Phi) is 4.93. The van der Waals surface area contributed by atoms with Gasteiger partial charge < -0.3 is 10.3 Å². The van der Waals surface area contributed by atoms with Crippen LogP contribution in [-0.2, 0) is 4.79 Å². The summed E-state index contributed by atoms with van der Waals surface area (Å²) < 4.78 is 13.8. The van der Waals surface area contributed by atoms with Gasteiger partial charge in [-0.3, -0.25) is 4.79 Å². The standard InChI is InChI=1S/C20H22FN3O2/c1-4-5-8-22-20(26)24-18-7-6-14(21)10-15(18)16(19(24)25)11-17-12(2)9-13(3)23-17/h6-7,9-11,23H,4-5,8H2,1-3H3,(H,22,26)/b16-11-. The molecule has 1 aliphatic heterocycles. The van der Waals surface area contributed by atoms with Crippen molar-refractivity contribution >= 4 is 29.3 Å². The molecule has 3 amide bonds. The van der Waals surface area contributed by atoms with Crippen LogP contribution >= 0.6 is 0 Å². The SMILES string of the molecule is CCCCNC(=O)N1C(=O)/C(=C\c2[nH]c(C)cc2C)c2cc(F)ccc21. The number of fused-ring (bicyclic) bond motifs is 1. The Morgan fingerprint density at radius 2 is 2.08 bits per heavy atom. The van der Waals surface area contributed by atoms with E-state index in [0.29, 0.717) is 23.4 Å². The molecular weight excluding hydrogens is 333 g/mol. The summed E-state index contributed by atoms with van der Waals surface area (Å²) in [5.41, 5.74) is 3.84. The van der Waals surface area contributed by atoms with Gasteiger partial charge in [0.15, 0.2) is 0 Å². The first-order valence-electron chi connectivity index (χ1n) is 8.72. The maximum Gasteiger partial charge on any atom is 0.329 e.